The number of carbonyl (C=O) groups is 2. The maximum absolute atomic E-state index is 13.5. The first-order valence-electron chi connectivity index (χ1n) is 10.8. The SMILES string of the molecule is C=CCN(c1ccccc1)S(=O)(=O)c1cc(C(=O)N2CCCC(NC(=O)CC)C2)ccc1Cl. The molecule has 1 saturated heterocycles. The zero-order valence-corrected chi connectivity index (χ0v) is 20.1. The lowest BCUT2D eigenvalue weighted by Gasteiger charge is -2.33. The molecule has 1 fully saturated rings. The van der Waals surface area contributed by atoms with Crippen molar-refractivity contribution in [1.29, 1.82) is 0 Å². The Morgan fingerprint density at radius 2 is 1.97 bits per heavy atom. The van der Waals surface area contributed by atoms with Gasteiger partial charge in [0.05, 0.1) is 17.3 Å². The van der Waals surface area contributed by atoms with Crippen LogP contribution in [0, 0.1) is 0 Å². The molecular weight excluding hydrogens is 462 g/mol. The highest BCUT2D eigenvalue weighted by atomic mass is 35.5. The van der Waals surface area contributed by atoms with Gasteiger partial charge in [0, 0.05) is 31.1 Å². The number of nitrogens with one attached hydrogen (secondary N) is 1. The third kappa shape index (κ3) is 5.75. The molecule has 176 valence electrons. The molecule has 1 heterocycles. The normalized spacial score (nSPS) is 16.2. The van der Waals surface area contributed by atoms with Crippen LogP contribution in [0.4, 0.5) is 5.69 Å². The van der Waals surface area contributed by atoms with Crippen molar-refractivity contribution in [2.75, 3.05) is 23.9 Å². The average molecular weight is 490 g/mol. The van der Waals surface area contributed by atoms with Gasteiger partial charge in [-0.05, 0) is 43.2 Å². The second-order valence-electron chi connectivity index (χ2n) is 7.82. The fourth-order valence-electron chi connectivity index (χ4n) is 3.80. The first-order chi connectivity index (χ1) is 15.8. The minimum atomic E-state index is -4.06. The van der Waals surface area contributed by atoms with Crippen molar-refractivity contribution in [1.82, 2.24) is 10.2 Å². The zero-order valence-electron chi connectivity index (χ0n) is 18.5. The Morgan fingerprint density at radius 3 is 2.64 bits per heavy atom. The van der Waals surface area contributed by atoms with Crippen LogP contribution in [0.15, 0.2) is 66.1 Å². The number of hydrogen-bond donors (Lipinski definition) is 1. The number of hydrogen-bond acceptors (Lipinski definition) is 4. The molecule has 0 bridgehead atoms. The lowest BCUT2D eigenvalue weighted by molar-refractivity contribution is -0.121. The standard InChI is InChI=1S/C24H28ClN3O4S/c1-3-14-28(20-10-6-5-7-11-20)33(31,32)22-16-18(12-13-21(22)25)24(30)27-15-8-9-19(17-27)26-23(29)4-2/h3,5-7,10-13,16,19H,1,4,8-9,14-15,17H2,2H3,(H,26,29). The van der Waals surface area contributed by atoms with Gasteiger partial charge >= 0.3 is 0 Å². The summed E-state index contributed by atoms with van der Waals surface area (Å²) in [5.41, 5.74) is 0.697. The van der Waals surface area contributed by atoms with Gasteiger partial charge < -0.3 is 10.2 Å². The van der Waals surface area contributed by atoms with E-state index < -0.39 is 10.0 Å². The summed E-state index contributed by atoms with van der Waals surface area (Å²) in [6.07, 6.45) is 3.42. The molecule has 0 spiro atoms. The summed E-state index contributed by atoms with van der Waals surface area (Å²) >= 11 is 6.30. The minimum absolute atomic E-state index is 0.0308. The van der Waals surface area contributed by atoms with E-state index in [0.29, 0.717) is 25.2 Å². The molecule has 7 nitrogen and oxygen atoms in total. The number of carbonyl (C=O) groups excluding carboxylic acids is 2. The van der Waals surface area contributed by atoms with Crippen LogP contribution in [0.3, 0.4) is 0 Å². The molecule has 2 aromatic rings. The largest absolute Gasteiger partial charge is 0.352 e. The summed E-state index contributed by atoms with van der Waals surface area (Å²) in [4.78, 5) is 26.4. The molecule has 0 saturated carbocycles. The first kappa shape index (κ1) is 24.8. The second-order valence-corrected chi connectivity index (χ2v) is 10.1. The van der Waals surface area contributed by atoms with E-state index in [9.17, 15) is 18.0 Å². The number of halogens is 1. The van der Waals surface area contributed by atoms with Crippen molar-refractivity contribution in [2.24, 2.45) is 0 Å². The van der Waals surface area contributed by atoms with Crippen molar-refractivity contribution < 1.29 is 18.0 Å². The number of nitrogens with zero attached hydrogens (tertiary/aromatic N) is 2. The van der Waals surface area contributed by atoms with Crippen LogP contribution < -0.4 is 9.62 Å². The molecule has 3 rings (SSSR count). The summed E-state index contributed by atoms with van der Waals surface area (Å²) < 4.78 is 28.2. The van der Waals surface area contributed by atoms with Crippen LogP contribution >= 0.6 is 11.6 Å². The molecule has 2 amide bonds. The maximum atomic E-state index is 13.5. The number of sulfonamides is 1. The number of rotatable bonds is 8. The molecule has 2 aromatic carbocycles. The van der Waals surface area contributed by atoms with E-state index in [1.54, 1.807) is 42.2 Å². The van der Waals surface area contributed by atoms with E-state index >= 15 is 0 Å². The van der Waals surface area contributed by atoms with E-state index in [-0.39, 0.29) is 39.9 Å². The Labute approximate surface area is 200 Å². The lowest BCUT2D eigenvalue weighted by atomic mass is 10.0. The van der Waals surface area contributed by atoms with Crippen molar-refractivity contribution in [3.05, 3.63) is 71.8 Å². The van der Waals surface area contributed by atoms with E-state index in [2.05, 4.69) is 11.9 Å². The van der Waals surface area contributed by atoms with Gasteiger partial charge in [0.15, 0.2) is 0 Å². The Morgan fingerprint density at radius 1 is 1.24 bits per heavy atom. The van der Waals surface area contributed by atoms with Gasteiger partial charge in [0.1, 0.15) is 4.90 Å². The Bertz CT molecular complexity index is 1120. The molecule has 1 unspecified atom stereocenters. The second kappa shape index (κ2) is 10.9. The summed E-state index contributed by atoms with van der Waals surface area (Å²) in [6, 6.07) is 12.8. The molecular formula is C24H28ClN3O4S. The molecule has 1 N–H and O–H groups in total. The number of piperidine rings is 1. The number of para-hydroxylation sites is 1. The van der Waals surface area contributed by atoms with Gasteiger partial charge in [-0.1, -0.05) is 42.8 Å². The number of anilines is 1. The van der Waals surface area contributed by atoms with Crippen LogP contribution in [-0.2, 0) is 14.8 Å². The predicted octanol–water partition coefficient (Wildman–Crippen LogP) is 3.85. The third-order valence-electron chi connectivity index (χ3n) is 5.48. The molecule has 9 heteroatoms. The highest BCUT2D eigenvalue weighted by molar-refractivity contribution is 7.93. The summed E-state index contributed by atoms with van der Waals surface area (Å²) in [5.74, 6) is -0.356. The number of likely N-dealkylation sites (tertiary alicyclic amines) is 1. The van der Waals surface area contributed by atoms with Gasteiger partial charge in [0.2, 0.25) is 5.91 Å². The van der Waals surface area contributed by atoms with Crippen molar-refractivity contribution in [2.45, 2.75) is 37.1 Å². The van der Waals surface area contributed by atoms with Gasteiger partial charge in [-0.2, -0.15) is 0 Å². The lowest BCUT2D eigenvalue weighted by Crippen LogP contribution is -2.49. The Hall–Kier alpha value is -2.84. The smallest absolute Gasteiger partial charge is 0.266 e. The molecule has 0 aliphatic carbocycles. The third-order valence-corrected chi connectivity index (χ3v) is 7.76. The minimum Gasteiger partial charge on any atom is -0.352 e. The topological polar surface area (TPSA) is 86.8 Å². The first-order valence-corrected chi connectivity index (χ1v) is 12.7. The summed E-state index contributed by atoms with van der Waals surface area (Å²) in [7, 11) is -4.06. The molecule has 1 aliphatic rings. The molecule has 1 aliphatic heterocycles. The quantitative estimate of drug-likeness (QED) is 0.570. The predicted molar refractivity (Wildman–Crippen MR) is 130 cm³/mol. The van der Waals surface area contributed by atoms with E-state index in [1.807, 2.05) is 0 Å². The number of amides is 2. The molecule has 33 heavy (non-hydrogen) atoms. The van der Waals surface area contributed by atoms with E-state index in [0.717, 1.165) is 12.8 Å². The molecule has 0 radical (unpaired) electrons. The molecule has 0 aromatic heterocycles. The van der Waals surface area contributed by atoms with Crippen molar-refractivity contribution >= 4 is 39.1 Å². The van der Waals surface area contributed by atoms with Crippen LogP contribution in [0.1, 0.15) is 36.5 Å². The fraction of sp³-hybridized carbons (Fsp3) is 0.333. The van der Waals surface area contributed by atoms with Crippen LogP contribution in [0.2, 0.25) is 5.02 Å². The van der Waals surface area contributed by atoms with Gasteiger partial charge in [-0.25, -0.2) is 8.42 Å². The van der Waals surface area contributed by atoms with Gasteiger partial charge in [0.25, 0.3) is 15.9 Å². The zero-order chi connectivity index (χ0) is 24.0. The monoisotopic (exact) mass is 489 g/mol. The fourth-order valence-corrected chi connectivity index (χ4v) is 5.74. The van der Waals surface area contributed by atoms with Crippen molar-refractivity contribution in [3.8, 4) is 0 Å². The Kier molecular flexibility index (Phi) is 8.15. The van der Waals surface area contributed by atoms with Crippen LogP contribution in [0.5, 0.6) is 0 Å². The maximum Gasteiger partial charge on any atom is 0.266 e. The van der Waals surface area contributed by atoms with Gasteiger partial charge in [-0.15, -0.1) is 6.58 Å². The Balaban J connectivity index is 1.90. The number of benzene rings is 2. The van der Waals surface area contributed by atoms with Crippen LogP contribution in [-0.4, -0.2) is 50.8 Å². The highest BCUT2D eigenvalue weighted by Crippen LogP contribution is 2.30. The van der Waals surface area contributed by atoms with Crippen LogP contribution in [0.25, 0.3) is 0 Å². The average Bonchev–Trinajstić information content (AvgIpc) is 2.82. The van der Waals surface area contributed by atoms with E-state index in [4.69, 9.17) is 11.6 Å². The summed E-state index contributed by atoms with van der Waals surface area (Å²) in [5, 5.41) is 2.96. The van der Waals surface area contributed by atoms with E-state index in [1.165, 1.54) is 28.6 Å². The molecule has 1 atom stereocenters. The summed E-state index contributed by atoms with van der Waals surface area (Å²) in [6.45, 7) is 6.41. The highest BCUT2D eigenvalue weighted by Gasteiger charge is 2.30. The van der Waals surface area contributed by atoms with Gasteiger partial charge in [-0.3, -0.25) is 13.9 Å². The van der Waals surface area contributed by atoms with Crippen molar-refractivity contribution in [3.63, 3.8) is 0 Å².